The molecule has 3 rings (SSSR count). The number of amides is 2. The molecule has 2 aromatic carbocycles. The number of hydrazine groups is 1. The lowest BCUT2D eigenvalue weighted by Crippen LogP contribution is -2.39. The molecule has 1 fully saturated rings. The van der Waals surface area contributed by atoms with Crippen molar-refractivity contribution in [2.75, 3.05) is 10.6 Å². The van der Waals surface area contributed by atoms with E-state index in [1.165, 1.54) is 6.92 Å². The second-order valence-corrected chi connectivity index (χ2v) is 7.37. The molecule has 26 heavy (non-hydrogen) atoms. The third-order valence-electron chi connectivity index (χ3n) is 4.04. The number of carbonyl (C=O) groups excluding carboxylic acids is 2. The quantitative estimate of drug-likeness (QED) is 0.589. The van der Waals surface area contributed by atoms with E-state index in [0.717, 1.165) is 10.0 Å². The zero-order valence-electron chi connectivity index (χ0n) is 14.0. The predicted molar refractivity (Wildman–Crippen MR) is 106 cm³/mol. The Kier molecular flexibility index (Phi) is 5.93. The first-order chi connectivity index (χ1) is 12.4. The number of benzene rings is 2. The second-order valence-electron chi connectivity index (χ2n) is 6.05. The topological polar surface area (TPSA) is 82.3 Å². The van der Waals surface area contributed by atoms with Gasteiger partial charge in [-0.05, 0) is 42.3 Å². The summed E-state index contributed by atoms with van der Waals surface area (Å²) < 4.78 is 1.01. The molecule has 0 radical (unpaired) electrons. The van der Waals surface area contributed by atoms with Gasteiger partial charge in [0.05, 0.1) is 10.7 Å². The molecule has 1 aliphatic heterocycles. The first kappa shape index (κ1) is 18.8. The summed E-state index contributed by atoms with van der Waals surface area (Å²) in [5.41, 5.74) is 8.29. The minimum atomic E-state index is -0.399. The lowest BCUT2D eigenvalue weighted by atomic mass is 10.0. The molecule has 2 atom stereocenters. The summed E-state index contributed by atoms with van der Waals surface area (Å²) in [5, 5.41) is 5.89. The highest BCUT2D eigenvalue weighted by Crippen LogP contribution is 2.28. The van der Waals surface area contributed by atoms with Crippen LogP contribution in [0.25, 0.3) is 0 Å². The minimum Gasteiger partial charge on any atom is -0.326 e. The standard InChI is InChI=1S/C18H18BrClN4O2/c1-10(25)21-13-6-7-14(20)16(8-13)22-18(26)17-9-15(23-24-17)11-2-4-12(19)5-3-11/h2-8,15,17,23-24H,9H2,1H3,(H,21,25)(H,22,26). The molecule has 136 valence electrons. The Balaban J connectivity index is 1.65. The van der Waals surface area contributed by atoms with Gasteiger partial charge in [-0.1, -0.05) is 39.7 Å². The van der Waals surface area contributed by atoms with Crippen LogP contribution in [0.3, 0.4) is 0 Å². The fourth-order valence-corrected chi connectivity index (χ4v) is 3.19. The lowest BCUT2D eigenvalue weighted by Gasteiger charge is -2.13. The SMILES string of the molecule is CC(=O)Nc1ccc(Cl)c(NC(=O)C2CC(c3ccc(Br)cc3)NN2)c1. The van der Waals surface area contributed by atoms with Crippen LogP contribution in [0, 0.1) is 0 Å². The van der Waals surface area contributed by atoms with Gasteiger partial charge >= 0.3 is 0 Å². The van der Waals surface area contributed by atoms with Gasteiger partial charge in [0.15, 0.2) is 0 Å². The van der Waals surface area contributed by atoms with Gasteiger partial charge in [-0.15, -0.1) is 0 Å². The van der Waals surface area contributed by atoms with Gasteiger partial charge in [0.25, 0.3) is 0 Å². The van der Waals surface area contributed by atoms with Crippen LogP contribution in [0.2, 0.25) is 5.02 Å². The van der Waals surface area contributed by atoms with E-state index in [1.54, 1.807) is 18.2 Å². The summed E-state index contributed by atoms with van der Waals surface area (Å²) >= 11 is 9.57. The van der Waals surface area contributed by atoms with Crippen LogP contribution in [-0.2, 0) is 9.59 Å². The van der Waals surface area contributed by atoms with Gasteiger partial charge in [-0.3, -0.25) is 9.59 Å². The fourth-order valence-electron chi connectivity index (χ4n) is 2.76. The van der Waals surface area contributed by atoms with E-state index in [0.29, 0.717) is 22.8 Å². The molecule has 2 aromatic rings. The molecule has 8 heteroatoms. The second kappa shape index (κ2) is 8.18. The monoisotopic (exact) mass is 436 g/mol. The Morgan fingerprint density at radius 2 is 1.85 bits per heavy atom. The molecule has 2 amide bonds. The molecule has 2 unspecified atom stereocenters. The molecular weight excluding hydrogens is 420 g/mol. The molecule has 0 aliphatic carbocycles. The Morgan fingerprint density at radius 3 is 2.54 bits per heavy atom. The molecule has 4 N–H and O–H groups in total. The first-order valence-electron chi connectivity index (χ1n) is 8.07. The largest absolute Gasteiger partial charge is 0.326 e. The predicted octanol–water partition coefficient (Wildman–Crippen LogP) is 3.61. The van der Waals surface area contributed by atoms with Crippen molar-refractivity contribution in [1.82, 2.24) is 10.9 Å². The van der Waals surface area contributed by atoms with Crippen molar-refractivity contribution in [1.29, 1.82) is 0 Å². The Morgan fingerprint density at radius 1 is 1.12 bits per heavy atom. The Labute approximate surface area is 164 Å². The summed E-state index contributed by atoms with van der Waals surface area (Å²) in [7, 11) is 0. The third-order valence-corrected chi connectivity index (χ3v) is 4.89. The number of hydrogen-bond donors (Lipinski definition) is 4. The highest BCUT2D eigenvalue weighted by molar-refractivity contribution is 9.10. The number of anilines is 2. The van der Waals surface area contributed by atoms with E-state index in [9.17, 15) is 9.59 Å². The van der Waals surface area contributed by atoms with Gasteiger partial charge in [0, 0.05) is 23.1 Å². The van der Waals surface area contributed by atoms with Crippen molar-refractivity contribution in [3.8, 4) is 0 Å². The summed E-state index contributed by atoms with van der Waals surface area (Å²) in [5.74, 6) is -0.386. The number of hydrogen-bond acceptors (Lipinski definition) is 4. The van der Waals surface area contributed by atoms with E-state index in [2.05, 4.69) is 37.4 Å². The molecule has 0 spiro atoms. The molecule has 1 saturated heterocycles. The maximum Gasteiger partial charge on any atom is 0.242 e. The average molecular weight is 438 g/mol. The highest BCUT2D eigenvalue weighted by Gasteiger charge is 2.30. The van der Waals surface area contributed by atoms with Crippen LogP contribution in [0.5, 0.6) is 0 Å². The van der Waals surface area contributed by atoms with Gasteiger partial charge in [0.1, 0.15) is 6.04 Å². The van der Waals surface area contributed by atoms with Crippen LogP contribution in [0.1, 0.15) is 24.9 Å². The van der Waals surface area contributed by atoms with E-state index >= 15 is 0 Å². The maximum absolute atomic E-state index is 12.6. The van der Waals surface area contributed by atoms with Gasteiger partial charge in [-0.25, -0.2) is 10.9 Å². The first-order valence-corrected chi connectivity index (χ1v) is 9.24. The van der Waals surface area contributed by atoms with E-state index in [4.69, 9.17) is 11.6 Å². The minimum absolute atomic E-state index is 0.0417. The van der Waals surface area contributed by atoms with E-state index in [1.807, 2.05) is 24.3 Å². The highest BCUT2D eigenvalue weighted by atomic mass is 79.9. The number of carbonyl (C=O) groups is 2. The van der Waals surface area contributed by atoms with Crippen molar-refractivity contribution in [3.63, 3.8) is 0 Å². The summed E-state index contributed by atoms with van der Waals surface area (Å²) in [6.45, 7) is 1.42. The fraction of sp³-hybridized carbons (Fsp3) is 0.222. The Hall–Kier alpha value is -1.93. The van der Waals surface area contributed by atoms with E-state index < -0.39 is 6.04 Å². The van der Waals surface area contributed by atoms with Crippen molar-refractivity contribution >= 4 is 50.7 Å². The van der Waals surface area contributed by atoms with Crippen LogP contribution in [-0.4, -0.2) is 17.9 Å². The van der Waals surface area contributed by atoms with Crippen molar-refractivity contribution in [2.45, 2.75) is 25.4 Å². The van der Waals surface area contributed by atoms with Gasteiger partial charge in [-0.2, -0.15) is 0 Å². The van der Waals surface area contributed by atoms with Crippen LogP contribution < -0.4 is 21.5 Å². The van der Waals surface area contributed by atoms with Crippen molar-refractivity contribution in [2.24, 2.45) is 0 Å². The molecule has 1 aliphatic rings. The summed E-state index contributed by atoms with van der Waals surface area (Å²) in [6, 6.07) is 12.6. The Bertz CT molecular complexity index is 828. The van der Waals surface area contributed by atoms with Crippen molar-refractivity contribution < 1.29 is 9.59 Å². The zero-order valence-corrected chi connectivity index (χ0v) is 16.3. The van der Waals surface area contributed by atoms with Gasteiger partial charge < -0.3 is 10.6 Å². The maximum atomic E-state index is 12.6. The number of nitrogens with one attached hydrogen (secondary N) is 4. The number of halogens is 2. The molecule has 6 nitrogen and oxygen atoms in total. The lowest BCUT2D eigenvalue weighted by molar-refractivity contribution is -0.118. The summed E-state index contributed by atoms with van der Waals surface area (Å²) in [4.78, 5) is 23.7. The average Bonchev–Trinajstić information content (AvgIpc) is 3.08. The van der Waals surface area contributed by atoms with E-state index in [-0.39, 0.29) is 17.9 Å². The van der Waals surface area contributed by atoms with Crippen LogP contribution in [0.4, 0.5) is 11.4 Å². The van der Waals surface area contributed by atoms with Crippen LogP contribution in [0.15, 0.2) is 46.9 Å². The van der Waals surface area contributed by atoms with Crippen molar-refractivity contribution in [3.05, 3.63) is 57.5 Å². The molecule has 0 saturated carbocycles. The van der Waals surface area contributed by atoms with Gasteiger partial charge in [0.2, 0.25) is 11.8 Å². The normalized spacial score (nSPS) is 19.2. The molecule has 0 aromatic heterocycles. The third kappa shape index (κ3) is 4.62. The molecule has 1 heterocycles. The molecule has 0 bridgehead atoms. The summed E-state index contributed by atoms with van der Waals surface area (Å²) in [6.07, 6.45) is 0.608. The zero-order chi connectivity index (χ0) is 18.7. The molecular formula is C18H18BrClN4O2. The number of rotatable bonds is 4. The smallest absolute Gasteiger partial charge is 0.242 e. The van der Waals surface area contributed by atoms with Crippen LogP contribution >= 0.6 is 27.5 Å².